The van der Waals surface area contributed by atoms with E-state index in [-0.39, 0.29) is 15.7 Å². The largest absolute Gasteiger partial charge is 0.478 e. The van der Waals surface area contributed by atoms with Crippen molar-refractivity contribution in [2.75, 3.05) is 0 Å². The molecule has 0 bridgehead atoms. The van der Waals surface area contributed by atoms with Gasteiger partial charge in [-0.25, -0.2) is 13.2 Å². The van der Waals surface area contributed by atoms with Gasteiger partial charge in [-0.1, -0.05) is 25.3 Å². The number of sulfone groups is 1. The van der Waals surface area contributed by atoms with E-state index in [1.807, 2.05) is 0 Å². The van der Waals surface area contributed by atoms with Gasteiger partial charge in [-0.2, -0.15) is 0 Å². The summed E-state index contributed by atoms with van der Waals surface area (Å²) in [5.74, 6) is -1.09. The first-order valence-electron chi connectivity index (χ1n) is 6.51. The molecule has 1 N–H and O–H groups in total. The van der Waals surface area contributed by atoms with E-state index < -0.39 is 15.8 Å². The number of hydrogen-bond donors (Lipinski definition) is 1. The minimum atomic E-state index is -3.41. The van der Waals surface area contributed by atoms with E-state index in [9.17, 15) is 13.2 Å². The van der Waals surface area contributed by atoms with Gasteiger partial charge >= 0.3 is 5.97 Å². The summed E-state index contributed by atoms with van der Waals surface area (Å²) in [5.41, 5.74) is 0.414. The normalized spacial score (nSPS) is 17.3. The Morgan fingerprint density at radius 3 is 2.42 bits per heavy atom. The predicted octanol–water partition coefficient (Wildman–Crippen LogP) is 2.80. The molecule has 1 aliphatic rings. The number of rotatable bonds is 3. The molecule has 0 amide bonds. The van der Waals surface area contributed by atoms with Crippen LogP contribution in [0.1, 0.15) is 48.0 Å². The Kier molecular flexibility index (Phi) is 3.94. The molecule has 1 aromatic rings. The Labute approximate surface area is 113 Å². The topological polar surface area (TPSA) is 71.4 Å². The van der Waals surface area contributed by atoms with Gasteiger partial charge in [0, 0.05) is 0 Å². The van der Waals surface area contributed by atoms with Gasteiger partial charge in [-0.15, -0.1) is 0 Å². The number of benzene rings is 1. The maximum Gasteiger partial charge on any atom is 0.335 e. The van der Waals surface area contributed by atoms with E-state index in [1.54, 1.807) is 6.92 Å². The van der Waals surface area contributed by atoms with Crippen LogP contribution in [0.25, 0.3) is 0 Å². The summed E-state index contributed by atoms with van der Waals surface area (Å²) in [7, 11) is -3.41. The van der Waals surface area contributed by atoms with E-state index >= 15 is 0 Å². The van der Waals surface area contributed by atoms with Gasteiger partial charge in [0.05, 0.1) is 15.7 Å². The van der Waals surface area contributed by atoms with Crippen molar-refractivity contribution >= 4 is 15.8 Å². The molecule has 0 spiro atoms. The standard InChI is InChI=1S/C14H18O4S/c1-10-12(14(15)16)8-5-9-13(10)19(17,18)11-6-3-2-4-7-11/h5,8-9,11H,2-4,6-7H2,1H3,(H,15,16). The summed E-state index contributed by atoms with van der Waals surface area (Å²) in [4.78, 5) is 11.3. The first kappa shape index (κ1) is 14.1. The Bertz CT molecular complexity index is 583. The summed E-state index contributed by atoms with van der Waals surface area (Å²) in [6.07, 6.45) is 4.31. The molecule has 0 unspecified atom stereocenters. The third-order valence-corrected chi connectivity index (χ3v) is 6.22. The lowest BCUT2D eigenvalue weighted by Crippen LogP contribution is -2.25. The molecular formula is C14H18O4S. The highest BCUT2D eigenvalue weighted by Gasteiger charge is 2.31. The van der Waals surface area contributed by atoms with Crippen LogP contribution in [-0.4, -0.2) is 24.7 Å². The Hall–Kier alpha value is -1.36. The van der Waals surface area contributed by atoms with E-state index in [0.717, 1.165) is 19.3 Å². The van der Waals surface area contributed by atoms with Gasteiger partial charge in [0.25, 0.3) is 0 Å². The summed E-state index contributed by atoms with van der Waals surface area (Å²) in [6, 6.07) is 4.47. The Balaban J connectivity index is 2.46. The molecule has 0 radical (unpaired) electrons. The number of carboxylic acids is 1. The summed E-state index contributed by atoms with van der Waals surface area (Å²) in [5, 5.41) is 8.71. The first-order valence-corrected chi connectivity index (χ1v) is 8.06. The molecule has 4 nitrogen and oxygen atoms in total. The lowest BCUT2D eigenvalue weighted by molar-refractivity contribution is 0.0696. The molecule has 1 aliphatic carbocycles. The van der Waals surface area contributed by atoms with Gasteiger partial charge in [0.2, 0.25) is 0 Å². The highest BCUT2D eigenvalue weighted by molar-refractivity contribution is 7.92. The van der Waals surface area contributed by atoms with Gasteiger partial charge in [-0.3, -0.25) is 0 Å². The van der Waals surface area contributed by atoms with Crippen LogP contribution in [0.2, 0.25) is 0 Å². The number of aromatic carboxylic acids is 1. The van der Waals surface area contributed by atoms with Gasteiger partial charge in [-0.05, 0) is 37.5 Å². The fourth-order valence-electron chi connectivity index (χ4n) is 2.71. The maximum absolute atomic E-state index is 12.6. The van der Waals surface area contributed by atoms with Crippen LogP contribution in [0, 0.1) is 6.92 Å². The molecule has 0 saturated heterocycles. The quantitative estimate of drug-likeness (QED) is 0.925. The third kappa shape index (κ3) is 2.66. The minimum absolute atomic E-state index is 0.0666. The number of carbonyl (C=O) groups is 1. The molecule has 0 aromatic heterocycles. The van der Waals surface area contributed by atoms with Gasteiger partial charge in [0.1, 0.15) is 0 Å². The SMILES string of the molecule is Cc1c(C(=O)O)cccc1S(=O)(=O)C1CCCCC1. The van der Waals surface area contributed by atoms with Gasteiger partial charge < -0.3 is 5.11 Å². The smallest absolute Gasteiger partial charge is 0.335 e. The maximum atomic E-state index is 12.6. The van der Waals surface area contributed by atoms with Crippen molar-refractivity contribution in [1.82, 2.24) is 0 Å². The number of hydrogen-bond acceptors (Lipinski definition) is 3. The van der Waals surface area contributed by atoms with Crippen LogP contribution >= 0.6 is 0 Å². The van der Waals surface area contributed by atoms with Crippen LogP contribution in [0.4, 0.5) is 0 Å². The minimum Gasteiger partial charge on any atom is -0.478 e. The monoisotopic (exact) mass is 282 g/mol. The van der Waals surface area contributed by atoms with Crippen LogP contribution in [0.15, 0.2) is 23.1 Å². The first-order chi connectivity index (χ1) is 8.94. The second-order valence-corrected chi connectivity index (χ2v) is 7.24. The van der Waals surface area contributed by atoms with Crippen LogP contribution in [0.5, 0.6) is 0 Å². The molecule has 19 heavy (non-hydrogen) atoms. The predicted molar refractivity (Wildman–Crippen MR) is 72.2 cm³/mol. The molecule has 0 heterocycles. The zero-order chi connectivity index (χ0) is 14.0. The van der Waals surface area contributed by atoms with Crippen LogP contribution in [0.3, 0.4) is 0 Å². The van der Waals surface area contributed by atoms with E-state index in [2.05, 4.69) is 0 Å². The second kappa shape index (κ2) is 5.33. The van der Waals surface area contributed by atoms with Gasteiger partial charge in [0.15, 0.2) is 9.84 Å². The van der Waals surface area contributed by atoms with Crippen molar-refractivity contribution in [1.29, 1.82) is 0 Å². The third-order valence-electron chi connectivity index (χ3n) is 3.81. The van der Waals surface area contributed by atoms with Crippen molar-refractivity contribution < 1.29 is 18.3 Å². The van der Waals surface area contributed by atoms with Crippen LogP contribution < -0.4 is 0 Å². The summed E-state index contributed by atoms with van der Waals surface area (Å²) < 4.78 is 25.2. The van der Waals surface area contributed by atoms with Crippen molar-refractivity contribution in [2.45, 2.75) is 49.2 Å². The van der Waals surface area contributed by atoms with E-state index in [0.29, 0.717) is 18.4 Å². The fraction of sp³-hybridized carbons (Fsp3) is 0.500. The molecular weight excluding hydrogens is 264 g/mol. The van der Waals surface area contributed by atoms with Crippen molar-refractivity contribution in [3.8, 4) is 0 Å². The fourth-order valence-corrected chi connectivity index (χ4v) is 4.83. The highest BCUT2D eigenvalue weighted by Crippen LogP contribution is 2.30. The molecule has 0 aliphatic heterocycles. The summed E-state index contributed by atoms with van der Waals surface area (Å²) >= 11 is 0. The molecule has 1 saturated carbocycles. The lowest BCUT2D eigenvalue weighted by atomic mass is 10.0. The van der Waals surface area contributed by atoms with E-state index in [4.69, 9.17) is 5.11 Å². The van der Waals surface area contributed by atoms with E-state index in [1.165, 1.54) is 18.2 Å². The van der Waals surface area contributed by atoms with Crippen LogP contribution in [-0.2, 0) is 9.84 Å². The molecule has 0 atom stereocenters. The summed E-state index contributed by atoms with van der Waals surface area (Å²) in [6.45, 7) is 1.57. The van der Waals surface area contributed by atoms with Crippen molar-refractivity contribution in [2.24, 2.45) is 0 Å². The average molecular weight is 282 g/mol. The van der Waals surface area contributed by atoms with Crippen molar-refractivity contribution in [3.05, 3.63) is 29.3 Å². The second-order valence-electron chi connectivity index (χ2n) is 5.04. The molecule has 1 aromatic carbocycles. The van der Waals surface area contributed by atoms with Crippen molar-refractivity contribution in [3.63, 3.8) is 0 Å². The lowest BCUT2D eigenvalue weighted by Gasteiger charge is -2.22. The zero-order valence-electron chi connectivity index (χ0n) is 10.9. The average Bonchev–Trinajstić information content (AvgIpc) is 2.39. The Morgan fingerprint density at radius 1 is 1.21 bits per heavy atom. The number of carboxylic acid groups (broad SMARTS) is 1. The molecule has 1 fully saturated rings. The highest BCUT2D eigenvalue weighted by atomic mass is 32.2. The molecule has 5 heteroatoms. The zero-order valence-corrected chi connectivity index (χ0v) is 11.7. The Morgan fingerprint density at radius 2 is 1.84 bits per heavy atom. The molecule has 2 rings (SSSR count). The molecule has 104 valence electrons.